The first-order valence-electron chi connectivity index (χ1n) is 7.54. The van der Waals surface area contributed by atoms with E-state index in [1.165, 1.54) is 22.4 Å². The molecule has 1 unspecified atom stereocenters. The molecule has 3 heteroatoms. The number of rotatable bonds is 5. The van der Waals surface area contributed by atoms with Gasteiger partial charge in [-0.3, -0.25) is 0 Å². The first-order valence-corrected chi connectivity index (χ1v) is 8.42. The van der Waals surface area contributed by atoms with Gasteiger partial charge in [-0.1, -0.05) is 26.0 Å². The molecule has 1 atom stereocenters. The first-order chi connectivity index (χ1) is 10.1. The number of fused-ring (bicyclic) bond motifs is 1. The zero-order valence-corrected chi connectivity index (χ0v) is 13.8. The summed E-state index contributed by atoms with van der Waals surface area (Å²) in [4.78, 5) is 1.44. The number of ether oxygens (including phenoxy) is 1. The molecular weight excluding hydrogens is 278 g/mol. The smallest absolute Gasteiger partial charge is 0.119 e. The van der Waals surface area contributed by atoms with Crippen LogP contribution in [0, 0.1) is 0 Å². The van der Waals surface area contributed by atoms with Crippen molar-refractivity contribution >= 4 is 11.3 Å². The van der Waals surface area contributed by atoms with Crippen molar-refractivity contribution in [2.45, 2.75) is 38.1 Å². The minimum absolute atomic E-state index is 0.176. The summed E-state index contributed by atoms with van der Waals surface area (Å²) in [6.07, 6.45) is 2.35. The Labute approximate surface area is 131 Å². The molecule has 1 aromatic heterocycles. The predicted molar refractivity (Wildman–Crippen MR) is 89.4 cm³/mol. The van der Waals surface area contributed by atoms with E-state index in [2.05, 4.69) is 54.9 Å². The molecule has 1 aliphatic rings. The summed E-state index contributed by atoms with van der Waals surface area (Å²) in [5.41, 5.74) is 3.05. The van der Waals surface area contributed by atoms with E-state index in [1.807, 2.05) is 11.3 Å². The molecular formula is C18H23NOS. The molecule has 21 heavy (non-hydrogen) atoms. The van der Waals surface area contributed by atoms with Crippen LogP contribution in [0.4, 0.5) is 0 Å². The third-order valence-corrected chi connectivity index (χ3v) is 5.65. The fraction of sp³-hybridized carbons (Fsp3) is 0.444. The minimum Gasteiger partial charge on any atom is -0.497 e. The van der Waals surface area contributed by atoms with Crippen molar-refractivity contribution < 1.29 is 4.74 Å². The monoisotopic (exact) mass is 301 g/mol. The number of hydrogen-bond acceptors (Lipinski definition) is 3. The van der Waals surface area contributed by atoms with Crippen molar-refractivity contribution in [3.63, 3.8) is 0 Å². The molecule has 3 rings (SSSR count). The maximum atomic E-state index is 5.37. The summed E-state index contributed by atoms with van der Waals surface area (Å²) >= 11 is 1.84. The molecule has 0 amide bonds. The summed E-state index contributed by atoms with van der Waals surface area (Å²) in [6, 6.07) is 11.3. The Bertz CT molecular complexity index is 604. The Morgan fingerprint density at radius 2 is 2.19 bits per heavy atom. The van der Waals surface area contributed by atoms with Gasteiger partial charge in [0.1, 0.15) is 5.75 Å². The predicted octanol–water partition coefficient (Wildman–Crippen LogP) is 4.31. The Hall–Kier alpha value is -1.32. The highest BCUT2D eigenvalue weighted by Gasteiger charge is 2.27. The second-order valence-corrected chi connectivity index (χ2v) is 7.35. The molecule has 2 nitrogen and oxygen atoms in total. The molecule has 0 aliphatic heterocycles. The van der Waals surface area contributed by atoms with Gasteiger partial charge in [-0.25, -0.2) is 0 Å². The van der Waals surface area contributed by atoms with E-state index < -0.39 is 0 Å². The lowest BCUT2D eigenvalue weighted by Crippen LogP contribution is -2.34. The van der Waals surface area contributed by atoms with Crippen LogP contribution >= 0.6 is 11.3 Å². The van der Waals surface area contributed by atoms with Crippen LogP contribution in [0.15, 0.2) is 35.7 Å². The number of thiophene rings is 1. The second kappa shape index (κ2) is 5.82. The fourth-order valence-electron chi connectivity index (χ4n) is 3.05. The molecule has 0 bridgehead atoms. The summed E-state index contributed by atoms with van der Waals surface area (Å²) < 4.78 is 5.37. The molecule has 1 aliphatic carbocycles. The lowest BCUT2D eigenvalue weighted by molar-refractivity contribution is 0.409. The summed E-state index contributed by atoms with van der Waals surface area (Å²) in [7, 11) is 1.74. The fourth-order valence-corrected chi connectivity index (χ4v) is 3.90. The van der Waals surface area contributed by atoms with Crippen LogP contribution in [-0.2, 0) is 11.8 Å². The molecule has 0 fully saturated rings. The zero-order valence-electron chi connectivity index (χ0n) is 13.0. The van der Waals surface area contributed by atoms with Gasteiger partial charge < -0.3 is 10.1 Å². The van der Waals surface area contributed by atoms with E-state index in [4.69, 9.17) is 4.74 Å². The summed E-state index contributed by atoms with van der Waals surface area (Å²) in [5, 5.41) is 5.93. The number of aryl methyl sites for hydroxylation is 1. The van der Waals surface area contributed by atoms with Crippen molar-refractivity contribution in [2.75, 3.05) is 13.7 Å². The van der Waals surface area contributed by atoms with Gasteiger partial charge in [0.15, 0.2) is 0 Å². The third kappa shape index (κ3) is 2.99. The number of methoxy groups -OCH3 is 1. The van der Waals surface area contributed by atoms with Gasteiger partial charge >= 0.3 is 0 Å². The van der Waals surface area contributed by atoms with E-state index >= 15 is 0 Å². The molecule has 112 valence electrons. The quantitative estimate of drug-likeness (QED) is 0.888. The molecule has 2 aromatic rings. The molecule has 0 spiro atoms. The standard InChI is InChI=1S/C18H23NOS/c1-18(2,17-5-4-10-21-17)12-19-16-9-7-13-6-8-14(20-3)11-15(13)16/h4-6,8,10-11,16,19H,7,9,12H2,1-3H3. The summed E-state index contributed by atoms with van der Waals surface area (Å²) in [6.45, 7) is 5.62. The van der Waals surface area contributed by atoms with Gasteiger partial charge in [-0.2, -0.15) is 0 Å². The lowest BCUT2D eigenvalue weighted by Gasteiger charge is -2.26. The van der Waals surface area contributed by atoms with Gasteiger partial charge in [0, 0.05) is 22.9 Å². The van der Waals surface area contributed by atoms with Gasteiger partial charge in [0.25, 0.3) is 0 Å². The third-order valence-electron chi connectivity index (χ3n) is 4.41. The Balaban J connectivity index is 1.71. The maximum Gasteiger partial charge on any atom is 0.119 e. The van der Waals surface area contributed by atoms with E-state index in [9.17, 15) is 0 Å². The molecule has 0 radical (unpaired) electrons. The summed E-state index contributed by atoms with van der Waals surface area (Å²) in [5.74, 6) is 0.958. The highest BCUT2D eigenvalue weighted by molar-refractivity contribution is 7.10. The average molecular weight is 301 g/mol. The normalized spacial score (nSPS) is 17.8. The van der Waals surface area contributed by atoms with Gasteiger partial charge in [0.2, 0.25) is 0 Å². The van der Waals surface area contributed by atoms with Crippen LogP contribution in [0.3, 0.4) is 0 Å². The topological polar surface area (TPSA) is 21.3 Å². The van der Waals surface area contributed by atoms with Crippen molar-refractivity contribution in [3.8, 4) is 5.75 Å². The number of hydrogen-bond donors (Lipinski definition) is 1. The van der Waals surface area contributed by atoms with Gasteiger partial charge in [-0.15, -0.1) is 11.3 Å². The average Bonchev–Trinajstić information content (AvgIpc) is 3.14. The van der Waals surface area contributed by atoms with E-state index in [1.54, 1.807) is 7.11 Å². The Morgan fingerprint density at radius 1 is 1.33 bits per heavy atom. The number of benzene rings is 1. The Morgan fingerprint density at radius 3 is 2.90 bits per heavy atom. The highest BCUT2D eigenvalue weighted by atomic mass is 32.1. The van der Waals surface area contributed by atoms with Crippen LogP contribution < -0.4 is 10.1 Å². The molecule has 0 saturated heterocycles. The molecule has 1 aromatic carbocycles. The van der Waals surface area contributed by atoms with Crippen molar-refractivity contribution in [3.05, 3.63) is 51.7 Å². The van der Waals surface area contributed by atoms with Crippen LogP contribution in [0.25, 0.3) is 0 Å². The van der Waals surface area contributed by atoms with E-state index in [0.717, 1.165) is 18.7 Å². The highest BCUT2D eigenvalue weighted by Crippen LogP contribution is 2.35. The zero-order chi connectivity index (χ0) is 14.9. The minimum atomic E-state index is 0.176. The first kappa shape index (κ1) is 14.6. The second-order valence-electron chi connectivity index (χ2n) is 6.40. The van der Waals surface area contributed by atoms with Gasteiger partial charge in [-0.05, 0) is 47.5 Å². The SMILES string of the molecule is COc1ccc2c(c1)C(NCC(C)(C)c1cccs1)CC2. The van der Waals surface area contributed by atoms with Crippen molar-refractivity contribution in [2.24, 2.45) is 0 Å². The molecule has 1 N–H and O–H groups in total. The lowest BCUT2D eigenvalue weighted by atomic mass is 9.91. The number of nitrogens with one attached hydrogen (secondary N) is 1. The molecule has 0 saturated carbocycles. The maximum absolute atomic E-state index is 5.37. The van der Waals surface area contributed by atoms with Gasteiger partial charge in [0.05, 0.1) is 7.11 Å². The van der Waals surface area contributed by atoms with Crippen LogP contribution in [0.5, 0.6) is 5.75 Å². The van der Waals surface area contributed by atoms with Crippen LogP contribution in [-0.4, -0.2) is 13.7 Å². The van der Waals surface area contributed by atoms with Crippen molar-refractivity contribution in [1.82, 2.24) is 5.32 Å². The Kier molecular flexibility index (Phi) is 4.05. The van der Waals surface area contributed by atoms with Crippen LogP contribution in [0.1, 0.15) is 42.3 Å². The van der Waals surface area contributed by atoms with Crippen molar-refractivity contribution in [1.29, 1.82) is 0 Å². The van der Waals surface area contributed by atoms with E-state index in [-0.39, 0.29) is 5.41 Å². The largest absolute Gasteiger partial charge is 0.497 e. The molecule has 1 heterocycles. The van der Waals surface area contributed by atoms with E-state index in [0.29, 0.717) is 6.04 Å². The van der Waals surface area contributed by atoms with Crippen LogP contribution in [0.2, 0.25) is 0 Å².